The van der Waals surface area contributed by atoms with E-state index in [2.05, 4.69) is 29.6 Å². The van der Waals surface area contributed by atoms with Crippen LogP contribution in [-0.2, 0) is 16.0 Å². The smallest absolute Gasteiger partial charge is 0.248 e. The van der Waals surface area contributed by atoms with Crippen LogP contribution in [0.4, 0.5) is 0 Å². The van der Waals surface area contributed by atoms with Gasteiger partial charge in [-0.05, 0) is 42.7 Å². The maximum Gasteiger partial charge on any atom is 0.248 e. The Bertz CT molecular complexity index is 560. The van der Waals surface area contributed by atoms with E-state index < -0.39 is 0 Å². The van der Waals surface area contributed by atoms with Gasteiger partial charge >= 0.3 is 0 Å². The molecular formula is C16H21NO2S. The van der Waals surface area contributed by atoms with Crippen molar-refractivity contribution in [3.05, 3.63) is 35.2 Å². The molecule has 0 N–H and O–H groups in total. The molecule has 2 rings (SSSR count). The Morgan fingerprint density at radius 3 is 2.80 bits per heavy atom. The van der Waals surface area contributed by atoms with E-state index >= 15 is 0 Å². The van der Waals surface area contributed by atoms with Crippen molar-refractivity contribution in [2.75, 3.05) is 26.3 Å². The second-order valence-electron chi connectivity index (χ2n) is 4.62. The molecule has 1 amide bonds. The molecule has 108 valence electrons. The summed E-state index contributed by atoms with van der Waals surface area (Å²) in [4.78, 5) is 13.6. The molecule has 0 fully saturated rings. The minimum absolute atomic E-state index is 0.0735. The van der Waals surface area contributed by atoms with Gasteiger partial charge < -0.3 is 9.64 Å². The van der Waals surface area contributed by atoms with Crippen molar-refractivity contribution >= 4 is 27.3 Å². The standard InChI is InChI=1S/C16H21NO2S/c1-3-17(4-2)15(18)12-19-10-8-13-6-5-7-14-9-11-20-16(13)14/h5-7,9,11H,3-4,8,10,12H2,1-2H3. The topological polar surface area (TPSA) is 29.5 Å². The monoisotopic (exact) mass is 291 g/mol. The summed E-state index contributed by atoms with van der Waals surface area (Å²) in [6.07, 6.45) is 0.851. The fraction of sp³-hybridized carbons (Fsp3) is 0.438. The lowest BCUT2D eigenvalue weighted by Crippen LogP contribution is -2.33. The van der Waals surface area contributed by atoms with Gasteiger partial charge in [0.25, 0.3) is 0 Å². The lowest BCUT2D eigenvalue weighted by atomic mass is 10.1. The van der Waals surface area contributed by atoms with Crippen LogP contribution < -0.4 is 0 Å². The summed E-state index contributed by atoms with van der Waals surface area (Å²) in [6, 6.07) is 8.47. The minimum Gasteiger partial charge on any atom is -0.371 e. The first-order chi connectivity index (χ1) is 9.76. The van der Waals surface area contributed by atoms with Gasteiger partial charge in [-0.25, -0.2) is 0 Å². The fourth-order valence-corrected chi connectivity index (χ4v) is 3.21. The molecule has 2 aromatic rings. The van der Waals surface area contributed by atoms with Gasteiger partial charge in [0.1, 0.15) is 6.61 Å². The van der Waals surface area contributed by atoms with E-state index in [1.165, 1.54) is 15.6 Å². The highest BCUT2D eigenvalue weighted by Crippen LogP contribution is 2.24. The van der Waals surface area contributed by atoms with E-state index in [4.69, 9.17) is 4.74 Å². The lowest BCUT2D eigenvalue weighted by Gasteiger charge is -2.18. The first-order valence-electron chi connectivity index (χ1n) is 7.06. The largest absolute Gasteiger partial charge is 0.371 e. The average Bonchev–Trinajstić information content (AvgIpc) is 2.94. The molecule has 0 aliphatic heterocycles. The maximum atomic E-state index is 11.8. The van der Waals surface area contributed by atoms with Crippen LogP contribution >= 0.6 is 11.3 Å². The maximum absolute atomic E-state index is 11.8. The number of hydrogen-bond donors (Lipinski definition) is 0. The summed E-state index contributed by atoms with van der Waals surface area (Å²) in [5, 5.41) is 3.39. The fourth-order valence-electron chi connectivity index (χ4n) is 2.26. The lowest BCUT2D eigenvalue weighted by molar-refractivity contribution is -0.135. The Hall–Kier alpha value is -1.39. The normalized spacial score (nSPS) is 10.9. The molecule has 0 spiro atoms. The van der Waals surface area contributed by atoms with Crippen molar-refractivity contribution in [3.8, 4) is 0 Å². The number of thiophene rings is 1. The van der Waals surface area contributed by atoms with E-state index in [9.17, 15) is 4.79 Å². The second kappa shape index (κ2) is 7.41. The predicted octanol–water partition coefficient (Wildman–Crippen LogP) is 3.33. The number of nitrogens with zero attached hydrogens (tertiary/aromatic N) is 1. The van der Waals surface area contributed by atoms with Crippen molar-refractivity contribution in [2.45, 2.75) is 20.3 Å². The Morgan fingerprint density at radius 2 is 2.05 bits per heavy atom. The number of rotatable bonds is 7. The Morgan fingerprint density at radius 1 is 1.25 bits per heavy atom. The summed E-state index contributed by atoms with van der Waals surface area (Å²) in [5.41, 5.74) is 1.30. The van der Waals surface area contributed by atoms with Gasteiger partial charge in [0, 0.05) is 17.8 Å². The number of ether oxygens (including phenoxy) is 1. The van der Waals surface area contributed by atoms with Crippen LogP contribution in [0.25, 0.3) is 10.1 Å². The van der Waals surface area contributed by atoms with Crippen LogP contribution in [-0.4, -0.2) is 37.1 Å². The third-order valence-corrected chi connectivity index (χ3v) is 4.42. The molecule has 1 heterocycles. The van der Waals surface area contributed by atoms with Gasteiger partial charge in [-0.1, -0.05) is 18.2 Å². The number of benzene rings is 1. The van der Waals surface area contributed by atoms with E-state index in [0.29, 0.717) is 6.61 Å². The van der Waals surface area contributed by atoms with Crippen molar-refractivity contribution in [1.29, 1.82) is 0 Å². The van der Waals surface area contributed by atoms with Crippen molar-refractivity contribution in [3.63, 3.8) is 0 Å². The number of fused-ring (bicyclic) bond motifs is 1. The molecule has 1 aromatic carbocycles. The zero-order chi connectivity index (χ0) is 14.4. The van der Waals surface area contributed by atoms with Crippen molar-refractivity contribution in [2.24, 2.45) is 0 Å². The van der Waals surface area contributed by atoms with Gasteiger partial charge in [-0.15, -0.1) is 11.3 Å². The first-order valence-corrected chi connectivity index (χ1v) is 7.94. The Balaban J connectivity index is 1.82. The number of hydrogen-bond acceptors (Lipinski definition) is 3. The second-order valence-corrected chi connectivity index (χ2v) is 5.54. The van der Waals surface area contributed by atoms with Gasteiger partial charge in [0.15, 0.2) is 0 Å². The number of carbonyl (C=O) groups excluding carboxylic acids is 1. The molecule has 0 radical (unpaired) electrons. The summed E-state index contributed by atoms with van der Waals surface area (Å²) >= 11 is 1.76. The van der Waals surface area contributed by atoms with Crippen LogP contribution in [0, 0.1) is 0 Å². The molecule has 0 saturated heterocycles. The summed E-state index contributed by atoms with van der Waals surface area (Å²) in [7, 11) is 0. The summed E-state index contributed by atoms with van der Waals surface area (Å²) in [5.74, 6) is 0.0735. The van der Waals surface area contributed by atoms with E-state index in [0.717, 1.165) is 19.5 Å². The molecule has 0 atom stereocenters. The highest BCUT2D eigenvalue weighted by Gasteiger charge is 2.09. The quantitative estimate of drug-likeness (QED) is 0.732. The summed E-state index contributed by atoms with van der Waals surface area (Å²) < 4.78 is 6.85. The van der Waals surface area contributed by atoms with E-state index in [-0.39, 0.29) is 12.5 Å². The average molecular weight is 291 g/mol. The first kappa shape index (κ1) is 15.0. The summed E-state index contributed by atoms with van der Waals surface area (Å²) in [6.45, 7) is 6.23. The van der Waals surface area contributed by atoms with Crippen LogP contribution in [0.3, 0.4) is 0 Å². The molecule has 1 aromatic heterocycles. The highest BCUT2D eigenvalue weighted by molar-refractivity contribution is 7.17. The molecule has 3 nitrogen and oxygen atoms in total. The molecule has 0 bridgehead atoms. The molecule has 20 heavy (non-hydrogen) atoms. The van der Waals surface area contributed by atoms with Crippen LogP contribution in [0.15, 0.2) is 29.6 Å². The van der Waals surface area contributed by atoms with Crippen LogP contribution in [0.2, 0.25) is 0 Å². The van der Waals surface area contributed by atoms with Gasteiger partial charge in [0.2, 0.25) is 5.91 Å². The van der Waals surface area contributed by atoms with Gasteiger partial charge in [-0.3, -0.25) is 4.79 Å². The molecule has 0 unspecified atom stereocenters. The predicted molar refractivity (Wildman–Crippen MR) is 84.3 cm³/mol. The van der Waals surface area contributed by atoms with Crippen LogP contribution in [0.5, 0.6) is 0 Å². The molecule has 0 aliphatic rings. The van der Waals surface area contributed by atoms with Crippen molar-refractivity contribution in [1.82, 2.24) is 4.90 Å². The Kier molecular flexibility index (Phi) is 5.56. The third-order valence-electron chi connectivity index (χ3n) is 3.42. The van der Waals surface area contributed by atoms with Crippen LogP contribution in [0.1, 0.15) is 19.4 Å². The molecule has 4 heteroatoms. The molecule has 0 saturated carbocycles. The third kappa shape index (κ3) is 3.58. The Labute approximate surface area is 124 Å². The van der Waals surface area contributed by atoms with E-state index in [1.807, 2.05) is 13.8 Å². The number of amides is 1. The minimum atomic E-state index is 0.0735. The highest BCUT2D eigenvalue weighted by atomic mass is 32.1. The van der Waals surface area contributed by atoms with Gasteiger partial charge in [-0.2, -0.15) is 0 Å². The molecule has 0 aliphatic carbocycles. The number of carbonyl (C=O) groups is 1. The molecular weight excluding hydrogens is 270 g/mol. The number of likely N-dealkylation sites (N-methyl/N-ethyl adjacent to an activating group) is 1. The zero-order valence-electron chi connectivity index (χ0n) is 12.1. The SMILES string of the molecule is CCN(CC)C(=O)COCCc1cccc2ccsc12. The zero-order valence-corrected chi connectivity index (χ0v) is 12.9. The van der Waals surface area contributed by atoms with E-state index in [1.54, 1.807) is 16.2 Å². The van der Waals surface area contributed by atoms with Crippen molar-refractivity contribution < 1.29 is 9.53 Å². The van der Waals surface area contributed by atoms with Gasteiger partial charge in [0.05, 0.1) is 6.61 Å².